The molecule has 5 nitrogen and oxygen atoms in total. The largest absolute Gasteiger partial charge is 0.481 e. The van der Waals surface area contributed by atoms with Crippen LogP contribution in [0.2, 0.25) is 0 Å². The molecule has 0 spiro atoms. The van der Waals surface area contributed by atoms with Gasteiger partial charge in [-0.2, -0.15) is 0 Å². The smallest absolute Gasteiger partial charge is 0.313 e. The second kappa shape index (κ2) is 5.96. The fraction of sp³-hybridized carbons (Fsp3) is 0.500. The van der Waals surface area contributed by atoms with Gasteiger partial charge in [0.2, 0.25) is 0 Å². The molecular formula is C14H16BrN3O2S. The highest BCUT2D eigenvalue weighted by Crippen LogP contribution is 2.38. The first-order valence-electron chi connectivity index (χ1n) is 6.91. The number of carboxylic acids is 1. The topological polar surface area (TPSA) is 68.0 Å². The second-order valence-corrected chi connectivity index (χ2v) is 7.36. The van der Waals surface area contributed by atoms with Crippen molar-refractivity contribution in [1.82, 2.24) is 14.5 Å². The van der Waals surface area contributed by atoms with Crippen molar-refractivity contribution in [2.45, 2.75) is 31.5 Å². The van der Waals surface area contributed by atoms with Crippen LogP contribution in [0.3, 0.4) is 0 Å². The molecule has 3 rings (SSSR count). The van der Waals surface area contributed by atoms with Crippen molar-refractivity contribution in [1.29, 1.82) is 0 Å². The normalized spacial score (nSPS) is 16.3. The maximum absolute atomic E-state index is 10.8. The van der Waals surface area contributed by atoms with E-state index in [4.69, 9.17) is 5.11 Å². The number of rotatable bonds is 6. The Morgan fingerprint density at radius 1 is 1.62 bits per heavy atom. The Morgan fingerprint density at radius 3 is 3.05 bits per heavy atom. The Kier molecular flexibility index (Phi) is 4.21. The van der Waals surface area contributed by atoms with E-state index >= 15 is 0 Å². The molecule has 1 saturated carbocycles. The molecule has 0 aliphatic heterocycles. The van der Waals surface area contributed by atoms with Crippen molar-refractivity contribution < 1.29 is 9.90 Å². The van der Waals surface area contributed by atoms with E-state index in [1.165, 1.54) is 24.6 Å². The summed E-state index contributed by atoms with van der Waals surface area (Å²) in [6.45, 7) is 3.09. The molecule has 1 unspecified atom stereocenters. The molecule has 2 heterocycles. The molecule has 1 fully saturated rings. The number of thioether (sulfide) groups is 1. The van der Waals surface area contributed by atoms with E-state index < -0.39 is 5.97 Å². The standard InChI is InChI=1S/C14H16BrN3O2S/c1-8(9-2-3-9)6-18-13-11(4-10(15)5-16-13)17-14(18)21-7-12(19)20/h4-5,8-9H,2-3,6-7H2,1H3,(H,19,20). The third-order valence-corrected chi connectivity index (χ3v) is 5.13. The minimum absolute atomic E-state index is 0.0162. The van der Waals surface area contributed by atoms with Crippen molar-refractivity contribution in [2.24, 2.45) is 11.8 Å². The second-order valence-electron chi connectivity index (χ2n) is 5.50. The first kappa shape index (κ1) is 14.8. The summed E-state index contributed by atoms with van der Waals surface area (Å²) in [5.41, 5.74) is 1.64. The molecule has 7 heteroatoms. The van der Waals surface area contributed by atoms with Crippen LogP contribution in [-0.4, -0.2) is 31.4 Å². The maximum atomic E-state index is 10.8. The number of hydrogen-bond acceptors (Lipinski definition) is 4. The summed E-state index contributed by atoms with van der Waals surface area (Å²) in [5, 5.41) is 9.62. The average molecular weight is 370 g/mol. The van der Waals surface area contributed by atoms with Crippen LogP contribution in [0.1, 0.15) is 19.8 Å². The van der Waals surface area contributed by atoms with Crippen molar-refractivity contribution in [3.63, 3.8) is 0 Å². The highest BCUT2D eigenvalue weighted by atomic mass is 79.9. The zero-order chi connectivity index (χ0) is 15.0. The van der Waals surface area contributed by atoms with E-state index in [9.17, 15) is 4.79 Å². The molecule has 0 amide bonds. The number of imidazole rings is 1. The van der Waals surface area contributed by atoms with Gasteiger partial charge >= 0.3 is 5.97 Å². The summed E-state index contributed by atoms with van der Waals surface area (Å²) in [7, 11) is 0. The number of halogens is 1. The van der Waals surface area contributed by atoms with Gasteiger partial charge in [-0.05, 0) is 46.7 Å². The number of aliphatic carboxylic acids is 1. The van der Waals surface area contributed by atoms with Gasteiger partial charge in [0, 0.05) is 17.2 Å². The first-order chi connectivity index (χ1) is 10.0. The van der Waals surface area contributed by atoms with E-state index in [-0.39, 0.29) is 5.75 Å². The summed E-state index contributed by atoms with van der Waals surface area (Å²) < 4.78 is 2.95. The van der Waals surface area contributed by atoms with Crippen LogP contribution >= 0.6 is 27.7 Å². The predicted molar refractivity (Wildman–Crippen MR) is 85.5 cm³/mol. The summed E-state index contributed by atoms with van der Waals surface area (Å²) in [4.78, 5) is 19.8. The highest BCUT2D eigenvalue weighted by molar-refractivity contribution is 9.10. The fourth-order valence-corrected chi connectivity index (χ4v) is 3.52. The Balaban J connectivity index is 1.95. The fourth-order valence-electron chi connectivity index (χ4n) is 2.47. The molecular weight excluding hydrogens is 354 g/mol. The van der Waals surface area contributed by atoms with Crippen molar-refractivity contribution in [2.75, 3.05) is 5.75 Å². The number of carboxylic acid groups (broad SMARTS) is 1. The summed E-state index contributed by atoms with van der Waals surface area (Å²) in [6, 6.07) is 1.92. The molecule has 0 radical (unpaired) electrons. The highest BCUT2D eigenvalue weighted by Gasteiger charge is 2.29. The average Bonchev–Trinajstić information content (AvgIpc) is 3.21. The lowest BCUT2D eigenvalue weighted by Gasteiger charge is -2.13. The molecule has 1 aliphatic rings. The van der Waals surface area contributed by atoms with Crippen molar-refractivity contribution in [3.05, 3.63) is 16.7 Å². The minimum Gasteiger partial charge on any atom is -0.481 e. The molecule has 0 saturated heterocycles. The van der Waals surface area contributed by atoms with Gasteiger partial charge in [0.25, 0.3) is 0 Å². The van der Waals surface area contributed by atoms with Crippen LogP contribution < -0.4 is 0 Å². The Bertz CT molecular complexity index is 684. The van der Waals surface area contributed by atoms with Gasteiger partial charge in [-0.25, -0.2) is 9.97 Å². The van der Waals surface area contributed by atoms with Crippen LogP contribution in [0, 0.1) is 11.8 Å². The van der Waals surface area contributed by atoms with Crippen LogP contribution in [0.5, 0.6) is 0 Å². The van der Waals surface area contributed by atoms with Gasteiger partial charge in [0.05, 0.1) is 5.75 Å². The minimum atomic E-state index is -0.831. The lowest BCUT2D eigenvalue weighted by atomic mass is 10.1. The Labute approximate surface area is 135 Å². The molecule has 112 valence electrons. The number of aromatic nitrogens is 3. The number of pyridine rings is 1. The van der Waals surface area contributed by atoms with Crippen LogP contribution in [0.25, 0.3) is 11.2 Å². The number of hydrogen-bond donors (Lipinski definition) is 1. The summed E-state index contributed by atoms with van der Waals surface area (Å²) >= 11 is 4.66. The monoisotopic (exact) mass is 369 g/mol. The molecule has 2 aromatic heterocycles. The Morgan fingerprint density at radius 2 is 2.38 bits per heavy atom. The third-order valence-electron chi connectivity index (χ3n) is 3.74. The van der Waals surface area contributed by atoms with Crippen LogP contribution in [0.15, 0.2) is 21.9 Å². The zero-order valence-electron chi connectivity index (χ0n) is 11.6. The maximum Gasteiger partial charge on any atom is 0.313 e. The van der Waals surface area contributed by atoms with Gasteiger partial charge in [-0.15, -0.1) is 0 Å². The van der Waals surface area contributed by atoms with Crippen molar-refractivity contribution in [3.8, 4) is 0 Å². The molecule has 0 aromatic carbocycles. The lowest BCUT2D eigenvalue weighted by molar-refractivity contribution is -0.133. The van der Waals surface area contributed by atoms with E-state index in [1.54, 1.807) is 6.20 Å². The van der Waals surface area contributed by atoms with Gasteiger partial charge in [0.15, 0.2) is 10.8 Å². The predicted octanol–water partition coefficient (Wildman–Crippen LogP) is 3.42. The Hall–Kier alpha value is -1.08. The number of carbonyl (C=O) groups is 1. The molecule has 2 aromatic rings. The molecule has 0 bridgehead atoms. The van der Waals surface area contributed by atoms with E-state index in [0.717, 1.165) is 33.3 Å². The molecule has 21 heavy (non-hydrogen) atoms. The summed E-state index contributed by atoms with van der Waals surface area (Å²) in [5.74, 6) is 0.540. The lowest BCUT2D eigenvalue weighted by Crippen LogP contribution is -2.11. The molecule has 1 N–H and O–H groups in total. The number of nitrogens with zero attached hydrogens (tertiary/aromatic N) is 3. The SMILES string of the molecule is CC(Cn1c(SCC(=O)O)nc2cc(Br)cnc21)C1CC1. The van der Waals surface area contributed by atoms with E-state index in [1.807, 2.05) is 6.07 Å². The van der Waals surface area contributed by atoms with Crippen molar-refractivity contribution >= 4 is 44.8 Å². The van der Waals surface area contributed by atoms with Crippen LogP contribution in [0.4, 0.5) is 0 Å². The van der Waals surface area contributed by atoms with Gasteiger partial charge < -0.3 is 9.67 Å². The summed E-state index contributed by atoms with van der Waals surface area (Å²) in [6.07, 6.45) is 4.35. The first-order valence-corrected chi connectivity index (χ1v) is 8.69. The van der Waals surface area contributed by atoms with Gasteiger partial charge in [-0.3, -0.25) is 4.79 Å². The number of fused-ring (bicyclic) bond motifs is 1. The van der Waals surface area contributed by atoms with Gasteiger partial charge in [-0.1, -0.05) is 18.7 Å². The van der Waals surface area contributed by atoms with Gasteiger partial charge in [0.1, 0.15) is 5.52 Å². The van der Waals surface area contributed by atoms with E-state index in [0.29, 0.717) is 5.92 Å². The molecule has 1 aliphatic carbocycles. The van der Waals surface area contributed by atoms with E-state index in [2.05, 4.69) is 37.4 Å². The third kappa shape index (κ3) is 3.40. The van der Waals surface area contributed by atoms with Crippen LogP contribution in [-0.2, 0) is 11.3 Å². The molecule has 1 atom stereocenters. The zero-order valence-corrected chi connectivity index (χ0v) is 14.0. The quantitative estimate of drug-likeness (QED) is 0.790.